The van der Waals surface area contributed by atoms with Gasteiger partial charge in [-0.15, -0.1) is 0 Å². The maximum absolute atomic E-state index is 13.5. The first-order valence-electron chi connectivity index (χ1n) is 14.1. The minimum Gasteiger partial charge on any atom is -0.481 e. The molecule has 1 saturated heterocycles. The van der Waals surface area contributed by atoms with Crippen LogP contribution in [0.25, 0.3) is 0 Å². The molecule has 1 fully saturated rings. The highest BCUT2D eigenvalue weighted by Gasteiger charge is 2.44. The van der Waals surface area contributed by atoms with Crippen molar-refractivity contribution in [2.45, 2.75) is 38.5 Å². The van der Waals surface area contributed by atoms with Crippen LogP contribution < -0.4 is 4.90 Å². The van der Waals surface area contributed by atoms with Gasteiger partial charge in [0.15, 0.2) is 0 Å². The molecule has 226 valence electrons. The number of piperazine rings is 1. The van der Waals surface area contributed by atoms with Crippen molar-refractivity contribution in [1.29, 1.82) is 0 Å². The Kier molecular flexibility index (Phi) is 12.8. The largest absolute Gasteiger partial charge is 0.481 e. The van der Waals surface area contributed by atoms with Crippen LogP contribution in [-0.4, -0.2) is 61.8 Å². The van der Waals surface area contributed by atoms with E-state index < -0.39 is 11.4 Å². The fourth-order valence-electron chi connectivity index (χ4n) is 5.41. The molecule has 3 aromatic carbocycles. The summed E-state index contributed by atoms with van der Waals surface area (Å²) < 4.78 is 19.7. The molecular weight excluding hydrogens is 623 g/mol. The number of carboxylic acid groups (broad SMARTS) is 1. The second-order valence-corrected chi connectivity index (χ2v) is 12.1. The average molecular weight is 662 g/mol. The molecule has 0 saturated carbocycles. The topological polar surface area (TPSA) is 70.1 Å². The summed E-state index contributed by atoms with van der Waals surface area (Å²) in [5.41, 5.74) is 2.03. The van der Waals surface area contributed by atoms with Crippen LogP contribution in [0.5, 0.6) is 0 Å². The molecule has 9 heteroatoms. The Morgan fingerprint density at radius 3 is 2.21 bits per heavy atom. The van der Waals surface area contributed by atoms with Gasteiger partial charge in [0.2, 0.25) is 0 Å². The number of ether oxygens (including phenoxy) is 1. The molecule has 0 radical (unpaired) electrons. The molecule has 1 N–H and O–H groups in total. The predicted octanol–water partition coefficient (Wildman–Crippen LogP) is 7.22. The summed E-state index contributed by atoms with van der Waals surface area (Å²) >= 11 is 9.39. The van der Waals surface area contributed by atoms with E-state index in [1.54, 1.807) is 24.3 Å². The molecular formula is C33H39BrClFN2O4. The van der Waals surface area contributed by atoms with Crippen molar-refractivity contribution >= 4 is 45.2 Å². The van der Waals surface area contributed by atoms with Crippen molar-refractivity contribution < 1.29 is 23.8 Å². The monoisotopic (exact) mass is 660 g/mol. The molecule has 0 spiro atoms. The molecule has 0 bridgehead atoms. The van der Waals surface area contributed by atoms with Crippen molar-refractivity contribution in [1.82, 2.24) is 4.90 Å². The summed E-state index contributed by atoms with van der Waals surface area (Å²) in [6.07, 6.45) is 1.62. The Hall–Kier alpha value is -2.94. The van der Waals surface area contributed by atoms with E-state index in [4.69, 9.17) is 21.4 Å². The predicted molar refractivity (Wildman–Crippen MR) is 170 cm³/mol. The maximum atomic E-state index is 13.5. The lowest BCUT2D eigenvalue weighted by Crippen LogP contribution is -2.47. The van der Waals surface area contributed by atoms with E-state index in [0.29, 0.717) is 6.42 Å². The fourth-order valence-corrected chi connectivity index (χ4v) is 5.86. The number of hydrogen-bond acceptors (Lipinski definition) is 5. The number of nitrogens with zero attached hydrogens (tertiary/aromatic N) is 2. The zero-order valence-corrected chi connectivity index (χ0v) is 26.7. The van der Waals surface area contributed by atoms with Crippen LogP contribution in [-0.2, 0) is 26.2 Å². The van der Waals surface area contributed by atoms with Gasteiger partial charge in [0.05, 0.1) is 18.9 Å². The average Bonchev–Trinajstić information content (AvgIpc) is 2.97. The number of carboxylic acids is 1. The van der Waals surface area contributed by atoms with Crippen LogP contribution in [0.15, 0.2) is 77.3 Å². The summed E-state index contributed by atoms with van der Waals surface area (Å²) in [4.78, 5) is 28.0. The molecule has 42 heavy (non-hydrogen) atoms. The number of hydrogen-bond donors (Lipinski definition) is 1. The van der Waals surface area contributed by atoms with E-state index in [9.17, 15) is 14.0 Å². The number of rotatable bonds is 10. The van der Waals surface area contributed by atoms with Gasteiger partial charge in [-0.3, -0.25) is 14.5 Å². The molecule has 3 aromatic rings. The third-order valence-electron chi connectivity index (χ3n) is 7.75. The standard InChI is InChI=1S/C25H32ClFN2O2.C8H7BrO2/c1-19(2)25(24(30)31-3,20-8-10-22(27)11-9-20)12-5-13-28-14-16-29(17-15-28)23-7-4-6-21(26)18-23;9-7-3-1-6(2-4-7)5-8(10)11/h4,6-11,18-19H,5,12-17H2,1-3H3;1-4H,5H2,(H,10,11). The van der Waals surface area contributed by atoms with E-state index in [-0.39, 0.29) is 24.1 Å². The summed E-state index contributed by atoms with van der Waals surface area (Å²) in [5.74, 6) is -1.32. The van der Waals surface area contributed by atoms with E-state index in [0.717, 1.165) is 65.5 Å². The summed E-state index contributed by atoms with van der Waals surface area (Å²) in [6, 6.07) is 21.5. The zero-order valence-electron chi connectivity index (χ0n) is 24.4. The van der Waals surface area contributed by atoms with Gasteiger partial charge in [-0.1, -0.05) is 71.7 Å². The van der Waals surface area contributed by atoms with E-state index in [2.05, 4.69) is 31.8 Å². The van der Waals surface area contributed by atoms with Crippen LogP contribution in [0.4, 0.5) is 10.1 Å². The van der Waals surface area contributed by atoms with Crippen molar-refractivity contribution in [3.63, 3.8) is 0 Å². The van der Waals surface area contributed by atoms with Crippen molar-refractivity contribution in [3.8, 4) is 0 Å². The van der Waals surface area contributed by atoms with Crippen LogP contribution in [0.3, 0.4) is 0 Å². The van der Waals surface area contributed by atoms with Gasteiger partial charge in [0.25, 0.3) is 0 Å². The second kappa shape index (κ2) is 16.1. The SMILES string of the molecule is COC(=O)C(CCCN1CCN(c2cccc(Cl)c2)CC1)(c1ccc(F)cc1)C(C)C.O=C(O)Cc1ccc(Br)cc1. The van der Waals surface area contributed by atoms with Crippen LogP contribution >= 0.6 is 27.5 Å². The Labute approximate surface area is 261 Å². The molecule has 1 heterocycles. The number of carbonyl (C=O) groups excluding carboxylic acids is 1. The minimum atomic E-state index is -0.799. The summed E-state index contributed by atoms with van der Waals surface area (Å²) in [7, 11) is 1.43. The van der Waals surface area contributed by atoms with Gasteiger partial charge in [0, 0.05) is 41.4 Å². The normalized spacial score (nSPS) is 15.0. The Balaban J connectivity index is 0.000000369. The number of carbonyl (C=O) groups is 2. The van der Waals surface area contributed by atoms with Gasteiger partial charge in [-0.2, -0.15) is 0 Å². The highest BCUT2D eigenvalue weighted by atomic mass is 79.9. The molecule has 1 atom stereocenters. The van der Waals surface area contributed by atoms with Gasteiger partial charge < -0.3 is 14.7 Å². The molecule has 0 amide bonds. The number of halogens is 3. The minimum absolute atomic E-state index is 0.0325. The highest BCUT2D eigenvalue weighted by Crippen LogP contribution is 2.38. The van der Waals surface area contributed by atoms with Gasteiger partial charge in [-0.25, -0.2) is 4.39 Å². The van der Waals surface area contributed by atoms with Crippen LogP contribution in [0, 0.1) is 11.7 Å². The van der Waals surface area contributed by atoms with Crippen molar-refractivity contribution in [2.75, 3.05) is 44.7 Å². The highest BCUT2D eigenvalue weighted by molar-refractivity contribution is 9.10. The van der Waals surface area contributed by atoms with Crippen molar-refractivity contribution in [3.05, 3.63) is 99.2 Å². The molecule has 1 aliphatic rings. The first-order chi connectivity index (χ1) is 20.0. The quantitative estimate of drug-likeness (QED) is 0.232. The van der Waals surface area contributed by atoms with E-state index in [1.807, 2.05) is 44.2 Å². The first-order valence-corrected chi connectivity index (χ1v) is 15.3. The van der Waals surface area contributed by atoms with E-state index >= 15 is 0 Å². The van der Waals surface area contributed by atoms with Gasteiger partial charge in [-0.05, 0) is 78.9 Å². The molecule has 6 nitrogen and oxygen atoms in total. The Morgan fingerprint density at radius 2 is 1.67 bits per heavy atom. The fraction of sp³-hybridized carbons (Fsp3) is 0.394. The third kappa shape index (κ3) is 9.28. The Morgan fingerprint density at radius 1 is 1.02 bits per heavy atom. The number of anilines is 1. The molecule has 0 aromatic heterocycles. The number of aliphatic carboxylic acids is 1. The number of esters is 1. The van der Waals surface area contributed by atoms with Gasteiger partial charge in [0.1, 0.15) is 5.82 Å². The Bertz CT molecular complexity index is 1300. The number of methoxy groups -OCH3 is 1. The smallest absolute Gasteiger partial charge is 0.316 e. The number of benzene rings is 3. The van der Waals surface area contributed by atoms with Gasteiger partial charge >= 0.3 is 11.9 Å². The van der Waals surface area contributed by atoms with Crippen LogP contribution in [0.2, 0.25) is 5.02 Å². The zero-order chi connectivity index (χ0) is 30.7. The van der Waals surface area contributed by atoms with Crippen LogP contribution in [0.1, 0.15) is 37.8 Å². The maximum Gasteiger partial charge on any atom is 0.316 e. The lowest BCUT2D eigenvalue weighted by molar-refractivity contribution is -0.150. The molecule has 1 aliphatic heterocycles. The molecule has 4 rings (SSSR count). The molecule has 1 unspecified atom stereocenters. The lowest BCUT2D eigenvalue weighted by atomic mass is 9.68. The molecule has 0 aliphatic carbocycles. The van der Waals surface area contributed by atoms with Crippen molar-refractivity contribution in [2.24, 2.45) is 5.92 Å². The second-order valence-electron chi connectivity index (χ2n) is 10.7. The lowest BCUT2D eigenvalue weighted by Gasteiger charge is -2.38. The van der Waals surface area contributed by atoms with E-state index in [1.165, 1.54) is 19.2 Å². The summed E-state index contributed by atoms with van der Waals surface area (Å²) in [6.45, 7) is 8.81. The third-order valence-corrected chi connectivity index (χ3v) is 8.52. The first kappa shape index (κ1) is 33.6. The summed E-state index contributed by atoms with van der Waals surface area (Å²) in [5, 5.41) is 9.18.